The van der Waals surface area contributed by atoms with Gasteiger partial charge in [-0.3, -0.25) is 9.59 Å². The molecule has 0 aromatic heterocycles. The Bertz CT molecular complexity index is 574. The van der Waals surface area contributed by atoms with Crippen LogP contribution in [0.4, 0.5) is 5.69 Å². The highest BCUT2D eigenvalue weighted by molar-refractivity contribution is 5.86. The molecule has 6 heteroatoms. The Morgan fingerprint density at radius 2 is 2.04 bits per heavy atom. The van der Waals surface area contributed by atoms with Crippen LogP contribution in [0.1, 0.15) is 27.2 Å². The Morgan fingerprint density at radius 3 is 2.75 bits per heavy atom. The van der Waals surface area contributed by atoms with E-state index in [1.165, 1.54) is 0 Å². The molecule has 0 saturated heterocycles. The normalized spacial score (nSPS) is 16.3. The lowest BCUT2D eigenvalue weighted by Gasteiger charge is -2.35. The van der Waals surface area contributed by atoms with Crippen LogP contribution < -0.4 is 20.3 Å². The Balaban J connectivity index is 2.07. The van der Waals surface area contributed by atoms with Gasteiger partial charge in [-0.15, -0.1) is 0 Å². The van der Waals surface area contributed by atoms with Gasteiger partial charge < -0.3 is 20.3 Å². The van der Waals surface area contributed by atoms with Gasteiger partial charge in [-0.25, -0.2) is 0 Å². The lowest BCUT2D eigenvalue weighted by molar-refractivity contribution is -0.128. The number of rotatable bonds is 7. The molecule has 0 radical (unpaired) electrons. The maximum Gasteiger partial charge on any atom is 0.262 e. The van der Waals surface area contributed by atoms with Crippen molar-refractivity contribution in [3.8, 4) is 5.75 Å². The van der Waals surface area contributed by atoms with Crippen molar-refractivity contribution in [2.24, 2.45) is 5.92 Å². The first kappa shape index (κ1) is 18.1. The monoisotopic (exact) mass is 333 g/mol. The molecule has 0 aliphatic carbocycles. The standard InChI is InChI=1S/C18H27N3O3/c1-4-9-19-18(23)16-11-21(12-17(22)20-10-13(2)3)14-7-5-6-8-15(14)24-16/h5-8,13,16H,4,9-12H2,1-3H3,(H,19,23)(H,20,22)/t16-/m0/s1. The third-order valence-corrected chi connectivity index (χ3v) is 3.74. The number of ether oxygens (including phenoxy) is 1. The number of nitrogens with zero attached hydrogens (tertiary/aromatic N) is 1. The molecule has 2 amide bonds. The zero-order valence-corrected chi connectivity index (χ0v) is 14.7. The number of hydrogen-bond acceptors (Lipinski definition) is 4. The van der Waals surface area contributed by atoms with Crippen molar-refractivity contribution >= 4 is 17.5 Å². The summed E-state index contributed by atoms with van der Waals surface area (Å²) in [6.07, 6.45) is 0.264. The summed E-state index contributed by atoms with van der Waals surface area (Å²) >= 11 is 0. The first-order valence-electron chi connectivity index (χ1n) is 8.56. The highest BCUT2D eigenvalue weighted by Crippen LogP contribution is 2.32. The van der Waals surface area contributed by atoms with Gasteiger partial charge in [-0.1, -0.05) is 32.9 Å². The van der Waals surface area contributed by atoms with E-state index in [0.29, 0.717) is 31.3 Å². The van der Waals surface area contributed by atoms with E-state index in [4.69, 9.17) is 4.74 Å². The van der Waals surface area contributed by atoms with Gasteiger partial charge in [0.2, 0.25) is 5.91 Å². The zero-order valence-electron chi connectivity index (χ0n) is 14.7. The van der Waals surface area contributed by atoms with Gasteiger partial charge in [-0.2, -0.15) is 0 Å². The van der Waals surface area contributed by atoms with Gasteiger partial charge in [0.05, 0.1) is 18.8 Å². The fraction of sp³-hybridized carbons (Fsp3) is 0.556. The summed E-state index contributed by atoms with van der Waals surface area (Å²) in [6.45, 7) is 7.95. The van der Waals surface area contributed by atoms with Crippen LogP contribution in [0.25, 0.3) is 0 Å². The molecule has 24 heavy (non-hydrogen) atoms. The van der Waals surface area contributed by atoms with Crippen molar-refractivity contribution in [2.75, 3.05) is 31.1 Å². The van der Waals surface area contributed by atoms with Crippen molar-refractivity contribution in [3.63, 3.8) is 0 Å². The summed E-state index contributed by atoms with van der Waals surface area (Å²) in [5, 5.41) is 5.77. The van der Waals surface area contributed by atoms with E-state index in [1.807, 2.05) is 36.1 Å². The highest BCUT2D eigenvalue weighted by Gasteiger charge is 2.31. The van der Waals surface area contributed by atoms with Gasteiger partial charge in [0.25, 0.3) is 5.91 Å². The molecule has 1 heterocycles. The first-order chi connectivity index (χ1) is 11.5. The molecule has 0 spiro atoms. The average molecular weight is 333 g/mol. The maximum atomic E-state index is 12.2. The van der Waals surface area contributed by atoms with E-state index in [0.717, 1.165) is 12.1 Å². The van der Waals surface area contributed by atoms with Gasteiger partial charge in [0.1, 0.15) is 5.75 Å². The third-order valence-electron chi connectivity index (χ3n) is 3.74. The number of nitrogens with one attached hydrogen (secondary N) is 2. The third kappa shape index (κ3) is 4.88. The number of anilines is 1. The Labute approximate surface area is 143 Å². The van der Waals surface area contributed by atoms with E-state index >= 15 is 0 Å². The van der Waals surface area contributed by atoms with Crippen LogP contribution in [0.3, 0.4) is 0 Å². The number of carbonyl (C=O) groups is 2. The van der Waals surface area contributed by atoms with Gasteiger partial charge in [0.15, 0.2) is 6.10 Å². The fourth-order valence-electron chi connectivity index (χ4n) is 2.50. The summed E-state index contributed by atoms with van der Waals surface area (Å²) in [7, 11) is 0. The summed E-state index contributed by atoms with van der Waals surface area (Å²) in [4.78, 5) is 26.3. The smallest absolute Gasteiger partial charge is 0.262 e. The molecule has 6 nitrogen and oxygen atoms in total. The number of carbonyl (C=O) groups excluding carboxylic acids is 2. The molecule has 2 N–H and O–H groups in total. The predicted octanol–water partition coefficient (Wildman–Crippen LogP) is 1.55. The van der Waals surface area contributed by atoms with Gasteiger partial charge >= 0.3 is 0 Å². The predicted molar refractivity (Wildman–Crippen MR) is 94.2 cm³/mol. The molecule has 0 unspecified atom stereocenters. The summed E-state index contributed by atoms with van der Waals surface area (Å²) in [6, 6.07) is 7.50. The maximum absolute atomic E-state index is 12.2. The van der Waals surface area contributed by atoms with Crippen molar-refractivity contribution in [3.05, 3.63) is 24.3 Å². The van der Waals surface area contributed by atoms with E-state index in [-0.39, 0.29) is 18.4 Å². The van der Waals surface area contributed by atoms with Gasteiger partial charge in [0, 0.05) is 13.1 Å². The van der Waals surface area contributed by atoms with Crippen LogP contribution in [-0.4, -0.2) is 44.1 Å². The van der Waals surface area contributed by atoms with Crippen LogP contribution in [0.2, 0.25) is 0 Å². The lowest BCUT2D eigenvalue weighted by Crippen LogP contribution is -2.51. The molecule has 1 aromatic carbocycles. The topological polar surface area (TPSA) is 70.7 Å². The van der Waals surface area contributed by atoms with Crippen molar-refractivity contribution < 1.29 is 14.3 Å². The number of fused-ring (bicyclic) bond motifs is 1. The molecule has 0 bridgehead atoms. The second-order valence-corrected chi connectivity index (χ2v) is 6.44. The minimum Gasteiger partial charge on any atom is -0.477 e. The van der Waals surface area contributed by atoms with Crippen LogP contribution in [-0.2, 0) is 9.59 Å². The minimum atomic E-state index is -0.607. The number of para-hydroxylation sites is 2. The van der Waals surface area contributed by atoms with Crippen molar-refractivity contribution in [1.82, 2.24) is 10.6 Å². The second-order valence-electron chi connectivity index (χ2n) is 6.44. The van der Waals surface area contributed by atoms with E-state index in [2.05, 4.69) is 24.5 Å². The zero-order chi connectivity index (χ0) is 17.5. The molecule has 132 valence electrons. The quantitative estimate of drug-likeness (QED) is 0.794. The number of amides is 2. The van der Waals surface area contributed by atoms with Crippen molar-refractivity contribution in [1.29, 1.82) is 0 Å². The molecule has 1 aliphatic rings. The first-order valence-corrected chi connectivity index (χ1v) is 8.56. The van der Waals surface area contributed by atoms with E-state index in [1.54, 1.807) is 0 Å². The highest BCUT2D eigenvalue weighted by atomic mass is 16.5. The SMILES string of the molecule is CCCNC(=O)[C@@H]1CN(CC(=O)NCC(C)C)c2ccccc2O1. The Morgan fingerprint density at radius 1 is 1.29 bits per heavy atom. The number of hydrogen-bond donors (Lipinski definition) is 2. The minimum absolute atomic E-state index is 0.0480. The fourth-order valence-corrected chi connectivity index (χ4v) is 2.50. The van der Waals surface area contributed by atoms with Crippen molar-refractivity contribution in [2.45, 2.75) is 33.3 Å². The van der Waals surface area contributed by atoms with Crippen LogP contribution >= 0.6 is 0 Å². The molecule has 0 fully saturated rings. The molecular formula is C18H27N3O3. The van der Waals surface area contributed by atoms with Gasteiger partial charge in [-0.05, 0) is 24.5 Å². The van der Waals surface area contributed by atoms with Crippen LogP contribution in [0, 0.1) is 5.92 Å². The average Bonchev–Trinajstić information content (AvgIpc) is 2.57. The Kier molecular flexibility index (Phi) is 6.46. The van der Waals surface area contributed by atoms with E-state index in [9.17, 15) is 9.59 Å². The molecule has 1 aromatic rings. The summed E-state index contributed by atoms with van der Waals surface area (Å²) < 4.78 is 5.82. The molecule has 1 aliphatic heterocycles. The lowest BCUT2D eigenvalue weighted by atomic mass is 10.1. The molecule has 0 saturated carbocycles. The van der Waals surface area contributed by atoms with Crippen LogP contribution in [0.15, 0.2) is 24.3 Å². The molecule has 2 rings (SSSR count). The second kappa shape index (κ2) is 8.57. The van der Waals surface area contributed by atoms with E-state index < -0.39 is 6.10 Å². The van der Waals surface area contributed by atoms with Crippen LogP contribution in [0.5, 0.6) is 5.75 Å². The molecule has 1 atom stereocenters. The number of benzene rings is 1. The summed E-state index contributed by atoms with van der Waals surface area (Å²) in [5.74, 6) is 0.850. The largest absolute Gasteiger partial charge is 0.477 e. The summed E-state index contributed by atoms with van der Waals surface area (Å²) in [5.41, 5.74) is 0.844. The Hall–Kier alpha value is -2.24. The molecular weight excluding hydrogens is 306 g/mol.